The van der Waals surface area contributed by atoms with Crippen LogP contribution in [0.2, 0.25) is 10.0 Å². The van der Waals surface area contributed by atoms with Gasteiger partial charge in [0, 0.05) is 16.3 Å². The number of halogens is 2. The normalized spacial score (nSPS) is 13.5. The van der Waals surface area contributed by atoms with Crippen molar-refractivity contribution in [2.24, 2.45) is 5.10 Å². The summed E-state index contributed by atoms with van der Waals surface area (Å²) in [4.78, 5) is 0. The minimum Gasteiger partial charge on any atom is -0.469 e. The van der Waals surface area contributed by atoms with Gasteiger partial charge in [-0.3, -0.25) is 0 Å². The lowest BCUT2D eigenvalue weighted by atomic mass is 10.2. The standard InChI is InChI=1S/C19H12Cl2N4O2S/c1-10-12(6-7-26-10)18-22-23-19-25(18)24-15(9-28-19)17-5-4-16(27-17)13-8-11(20)2-3-14(13)21/h2-8H,9H2,1H3. The zero-order chi connectivity index (χ0) is 19.3. The van der Waals surface area contributed by atoms with Gasteiger partial charge in [0.2, 0.25) is 5.16 Å². The first-order valence-corrected chi connectivity index (χ1v) is 10.1. The molecule has 0 saturated carbocycles. The fourth-order valence-corrected chi connectivity index (χ4v) is 4.15. The minimum absolute atomic E-state index is 0.573. The van der Waals surface area contributed by atoms with E-state index in [2.05, 4.69) is 10.2 Å². The van der Waals surface area contributed by atoms with Gasteiger partial charge in [-0.25, -0.2) is 0 Å². The van der Waals surface area contributed by atoms with Crippen LogP contribution in [0.4, 0.5) is 0 Å². The Morgan fingerprint density at radius 3 is 2.71 bits per heavy atom. The fourth-order valence-electron chi connectivity index (χ4n) is 2.96. The molecule has 0 unspecified atom stereocenters. The van der Waals surface area contributed by atoms with Gasteiger partial charge in [-0.15, -0.1) is 10.2 Å². The van der Waals surface area contributed by atoms with Crippen molar-refractivity contribution in [2.45, 2.75) is 12.1 Å². The number of hydrogen-bond donors (Lipinski definition) is 0. The topological polar surface area (TPSA) is 69.3 Å². The molecule has 140 valence electrons. The van der Waals surface area contributed by atoms with Crippen LogP contribution in [0.3, 0.4) is 0 Å². The van der Waals surface area contributed by atoms with Gasteiger partial charge < -0.3 is 8.83 Å². The molecule has 0 fully saturated rings. The van der Waals surface area contributed by atoms with E-state index in [1.807, 2.05) is 25.1 Å². The summed E-state index contributed by atoms with van der Waals surface area (Å²) in [7, 11) is 0. The molecular weight excluding hydrogens is 419 g/mol. The first kappa shape index (κ1) is 17.6. The van der Waals surface area contributed by atoms with Crippen LogP contribution >= 0.6 is 35.0 Å². The first-order chi connectivity index (χ1) is 13.6. The number of nitrogens with zero attached hydrogens (tertiary/aromatic N) is 4. The minimum atomic E-state index is 0.573. The lowest BCUT2D eigenvalue weighted by Crippen LogP contribution is -2.13. The average molecular weight is 431 g/mol. The summed E-state index contributed by atoms with van der Waals surface area (Å²) < 4.78 is 13.1. The Labute approximate surface area is 174 Å². The number of fused-ring (bicyclic) bond motifs is 1. The maximum Gasteiger partial charge on any atom is 0.212 e. The van der Waals surface area contributed by atoms with Gasteiger partial charge in [0.05, 0.1) is 16.8 Å². The molecule has 0 saturated heterocycles. The van der Waals surface area contributed by atoms with Crippen LogP contribution in [-0.4, -0.2) is 26.3 Å². The van der Waals surface area contributed by atoms with E-state index in [1.54, 1.807) is 40.9 Å². The smallest absolute Gasteiger partial charge is 0.212 e. The molecule has 0 amide bonds. The predicted molar refractivity (Wildman–Crippen MR) is 109 cm³/mol. The van der Waals surface area contributed by atoms with Crippen LogP contribution in [0, 0.1) is 6.92 Å². The summed E-state index contributed by atoms with van der Waals surface area (Å²) >= 11 is 13.9. The van der Waals surface area contributed by atoms with Crippen molar-refractivity contribution in [3.63, 3.8) is 0 Å². The third-order valence-electron chi connectivity index (χ3n) is 4.35. The van der Waals surface area contributed by atoms with Crippen molar-refractivity contribution < 1.29 is 8.83 Å². The van der Waals surface area contributed by atoms with Crippen molar-refractivity contribution >= 4 is 40.7 Å². The molecule has 1 aromatic carbocycles. The van der Waals surface area contributed by atoms with Gasteiger partial charge in [0.25, 0.3) is 0 Å². The molecule has 0 bridgehead atoms. The van der Waals surface area contributed by atoms with Crippen LogP contribution in [0.1, 0.15) is 11.5 Å². The Hall–Kier alpha value is -2.48. The van der Waals surface area contributed by atoms with E-state index < -0.39 is 0 Å². The third-order valence-corrected chi connectivity index (χ3v) is 5.85. The quantitative estimate of drug-likeness (QED) is 0.412. The van der Waals surface area contributed by atoms with Crippen molar-refractivity contribution in [2.75, 3.05) is 5.75 Å². The molecule has 4 aromatic rings. The molecular formula is C19H12Cl2N4O2S. The molecule has 5 rings (SSSR count). The predicted octanol–water partition coefficient (Wildman–Crippen LogP) is 5.77. The largest absolute Gasteiger partial charge is 0.469 e. The van der Waals surface area contributed by atoms with Crippen LogP contribution in [0.5, 0.6) is 0 Å². The van der Waals surface area contributed by atoms with Crippen molar-refractivity contribution in [1.82, 2.24) is 14.9 Å². The molecule has 0 aliphatic carbocycles. The van der Waals surface area contributed by atoms with Crippen LogP contribution in [-0.2, 0) is 0 Å². The Balaban J connectivity index is 1.54. The second kappa shape index (κ2) is 6.84. The maximum absolute atomic E-state index is 6.29. The molecule has 1 aliphatic rings. The van der Waals surface area contributed by atoms with Gasteiger partial charge >= 0.3 is 0 Å². The number of benzene rings is 1. The highest BCUT2D eigenvalue weighted by molar-refractivity contribution is 7.99. The van der Waals surface area contributed by atoms with E-state index in [9.17, 15) is 0 Å². The second-order valence-electron chi connectivity index (χ2n) is 6.13. The summed E-state index contributed by atoms with van der Waals surface area (Å²) in [6.07, 6.45) is 1.63. The summed E-state index contributed by atoms with van der Waals surface area (Å²) in [5.74, 6) is 3.32. The van der Waals surface area contributed by atoms with E-state index in [1.165, 1.54) is 0 Å². The number of hydrogen-bond acceptors (Lipinski definition) is 6. The van der Waals surface area contributed by atoms with Gasteiger partial charge in [0.1, 0.15) is 17.2 Å². The van der Waals surface area contributed by atoms with Crippen molar-refractivity contribution in [3.05, 3.63) is 64.2 Å². The molecule has 0 atom stereocenters. The Bertz CT molecular complexity index is 1220. The maximum atomic E-state index is 6.29. The van der Waals surface area contributed by atoms with Crippen LogP contribution in [0.25, 0.3) is 22.7 Å². The van der Waals surface area contributed by atoms with Gasteiger partial charge in [0.15, 0.2) is 11.6 Å². The van der Waals surface area contributed by atoms with E-state index in [0.29, 0.717) is 33.1 Å². The molecule has 0 spiro atoms. The number of aryl methyl sites for hydroxylation is 1. The first-order valence-electron chi connectivity index (χ1n) is 8.36. The summed E-state index contributed by atoms with van der Waals surface area (Å²) in [6.45, 7) is 1.88. The molecule has 0 radical (unpaired) electrons. The zero-order valence-electron chi connectivity index (χ0n) is 14.5. The van der Waals surface area contributed by atoms with Gasteiger partial charge in [-0.05, 0) is 43.3 Å². The Kier molecular flexibility index (Phi) is 4.30. The molecule has 0 N–H and O–H groups in total. The molecule has 1 aliphatic heterocycles. The summed E-state index contributed by atoms with van der Waals surface area (Å²) in [6, 6.07) is 10.9. The number of thioether (sulfide) groups is 1. The molecule has 6 nitrogen and oxygen atoms in total. The van der Waals surface area contributed by atoms with E-state index >= 15 is 0 Å². The number of rotatable bonds is 3. The Morgan fingerprint density at radius 2 is 1.89 bits per heavy atom. The van der Waals surface area contributed by atoms with Gasteiger partial charge in [-0.1, -0.05) is 35.0 Å². The highest BCUT2D eigenvalue weighted by atomic mass is 35.5. The summed E-state index contributed by atoms with van der Waals surface area (Å²) in [5, 5.41) is 15.1. The third kappa shape index (κ3) is 2.96. The lowest BCUT2D eigenvalue weighted by molar-refractivity contribution is 0.534. The van der Waals surface area contributed by atoms with Crippen molar-refractivity contribution in [1.29, 1.82) is 0 Å². The molecule has 9 heteroatoms. The van der Waals surface area contributed by atoms with E-state index in [4.69, 9.17) is 37.1 Å². The van der Waals surface area contributed by atoms with Crippen LogP contribution < -0.4 is 0 Å². The average Bonchev–Trinajstić information content (AvgIpc) is 3.42. The summed E-state index contributed by atoms with van der Waals surface area (Å²) in [5.41, 5.74) is 2.38. The number of aromatic nitrogens is 3. The van der Waals surface area contributed by atoms with Gasteiger partial charge in [-0.2, -0.15) is 9.78 Å². The highest BCUT2D eigenvalue weighted by Gasteiger charge is 2.24. The van der Waals surface area contributed by atoms with Crippen LogP contribution in [0.15, 0.2) is 61.8 Å². The molecule has 3 aromatic heterocycles. The molecule has 28 heavy (non-hydrogen) atoms. The van der Waals surface area contributed by atoms with E-state index in [-0.39, 0.29) is 0 Å². The highest BCUT2D eigenvalue weighted by Crippen LogP contribution is 2.34. The zero-order valence-corrected chi connectivity index (χ0v) is 16.8. The Morgan fingerprint density at radius 1 is 1.04 bits per heavy atom. The molecule has 4 heterocycles. The number of furan rings is 2. The van der Waals surface area contributed by atoms with E-state index in [0.717, 1.165) is 27.8 Å². The lowest BCUT2D eigenvalue weighted by Gasteiger charge is -2.12. The van der Waals surface area contributed by atoms with Crippen molar-refractivity contribution in [3.8, 4) is 22.7 Å². The monoisotopic (exact) mass is 430 g/mol. The fraction of sp³-hybridized carbons (Fsp3) is 0.105. The SMILES string of the molecule is Cc1occc1-c1nnc2n1N=C(c1ccc(-c3cc(Cl)ccc3Cl)o1)CS2. The second-order valence-corrected chi connectivity index (χ2v) is 7.92.